The van der Waals surface area contributed by atoms with Crippen molar-refractivity contribution in [1.29, 1.82) is 10.5 Å². The number of fused-ring (bicyclic) bond motifs is 1. The second-order valence-corrected chi connectivity index (χ2v) is 11.2. The fraction of sp³-hybridized carbons (Fsp3) is 0.125. The summed E-state index contributed by atoms with van der Waals surface area (Å²) in [6.45, 7) is 6.20. The highest BCUT2D eigenvalue weighted by molar-refractivity contribution is 6.06. The first-order valence-electron chi connectivity index (χ1n) is 14.5. The van der Waals surface area contributed by atoms with Gasteiger partial charge in [0.15, 0.2) is 0 Å². The molecule has 2 aliphatic rings. The van der Waals surface area contributed by atoms with Gasteiger partial charge >= 0.3 is 0 Å². The van der Waals surface area contributed by atoms with Gasteiger partial charge in [0.2, 0.25) is 0 Å². The number of aryl methyl sites for hydroxylation is 2. The first-order valence-corrected chi connectivity index (χ1v) is 14.5. The van der Waals surface area contributed by atoms with Gasteiger partial charge in [-0.05, 0) is 108 Å². The van der Waals surface area contributed by atoms with Crippen molar-refractivity contribution in [1.82, 2.24) is 0 Å². The number of aliphatic imine (C=N–C) groups is 1. The number of para-hydroxylation sites is 1. The summed E-state index contributed by atoms with van der Waals surface area (Å²) < 4.78 is 0. The normalized spacial score (nSPS) is 15.9. The third kappa shape index (κ3) is 5.67. The van der Waals surface area contributed by atoms with Crippen LogP contribution in [-0.2, 0) is 0 Å². The van der Waals surface area contributed by atoms with Crippen molar-refractivity contribution in [2.24, 2.45) is 10.9 Å². The molecule has 1 unspecified atom stereocenters. The largest absolute Gasteiger partial charge is 0.253 e. The summed E-state index contributed by atoms with van der Waals surface area (Å²) in [6.07, 6.45) is 11.4. The second kappa shape index (κ2) is 11.8. The van der Waals surface area contributed by atoms with E-state index >= 15 is 0 Å². The third-order valence-electron chi connectivity index (χ3n) is 8.32. The Morgan fingerprint density at radius 2 is 1.53 bits per heavy atom. The van der Waals surface area contributed by atoms with Gasteiger partial charge in [-0.15, -0.1) is 0 Å². The molecule has 0 fully saturated rings. The summed E-state index contributed by atoms with van der Waals surface area (Å²) in [5, 5.41) is 18.7. The molecular weight excluding hydrogens is 522 g/mol. The molecule has 0 amide bonds. The molecule has 0 N–H and O–H groups in total. The van der Waals surface area contributed by atoms with Crippen LogP contribution in [-0.4, -0.2) is 5.71 Å². The molecule has 3 heteroatoms. The zero-order chi connectivity index (χ0) is 29.9. The van der Waals surface area contributed by atoms with E-state index in [0.29, 0.717) is 5.56 Å². The molecule has 43 heavy (non-hydrogen) atoms. The first-order chi connectivity index (χ1) is 20.9. The maximum absolute atomic E-state index is 9.45. The summed E-state index contributed by atoms with van der Waals surface area (Å²) in [7, 11) is 0. The van der Waals surface area contributed by atoms with Crippen LogP contribution in [0, 0.1) is 42.4 Å². The average Bonchev–Trinajstić information content (AvgIpc) is 3.05. The first kappa shape index (κ1) is 27.6. The van der Waals surface area contributed by atoms with E-state index in [1.54, 1.807) is 0 Å². The molecule has 2 aliphatic carbocycles. The van der Waals surface area contributed by atoms with E-state index < -0.39 is 0 Å². The van der Waals surface area contributed by atoms with Crippen LogP contribution in [0.1, 0.15) is 41.2 Å². The third-order valence-corrected chi connectivity index (χ3v) is 8.32. The van der Waals surface area contributed by atoms with Crippen molar-refractivity contribution in [3.63, 3.8) is 0 Å². The smallest absolute Gasteiger partial charge is 0.0991 e. The van der Waals surface area contributed by atoms with Crippen LogP contribution < -0.4 is 0 Å². The van der Waals surface area contributed by atoms with Gasteiger partial charge in [-0.2, -0.15) is 10.5 Å². The van der Waals surface area contributed by atoms with Crippen LogP contribution in [0.15, 0.2) is 131 Å². The lowest BCUT2D eigenvalue weighted by Gasteiger charge is -2.22. The number of nitrogens with zero attached hydrogens (tertiary/aromatic N) is 3. The number of rotatable bonds is 5. The van der Waals surface area contributed by atoms with Crippen LogP contribution in [0.5, 0.6) is 0 Å². The quantitative estimate of drug-likeness (QED) is 0.231. The van der Waals surface area contributed by atoms with E-state index in [2.05, 4.69) is 106 Å². The molecule has 0 saturated heterocycles. The van der Waals surface area contributed by atoms with E-state index in [-0.39, 0.29) is 5.92 Å². The van der Waals surface area contributed by atoms with Crippen LogP contribution in [0.3, 0.4) is 0 Å². The molecule has 0 heterocycles. The van der Waals surface area contributed by atoms with Gasteiger partial charge < -0.3 is 0 Å². The summed E-state index contributed by atoms with van der Waals surface area (Å²) in [6, 6.07) is 33.9. The molecule has 0 bridgehead atoms. The van der Waals surface area contributed by atoms with Crippen molar-refractivity contribution >= 4 is 17.0 Å². The van der Waals surface area contributed by atoms with Crippen molar-refractivity contribution in [3.8, 4) is 34.4 Å². The van der Waals surface area contributed by atoms with Gasteiger partial charge in [0.05, 0.1) is 23.4 Å². The summed E-state index contributed by atoms with van der Waals surface area (Å²) in [4.78, 5) is 5.01. The Kier molecular flexibility index (Phi) is 7.57. The Morgan fingerprint density at radius 1 is 0.767 bits per heavy atom. The molecule has 0 radical (unpaired) electrons. The molecular formula is C40H31N3. The van der Waals surface area contributed by atoms with Crippen molar-refractivity contribution < 1.29 is 0 Å². The maximum atomic E-state index is 9.45. The highest BCUT2D eigenvalue weighted by atomic mass is 14.7. The summed E-state index contributed by atoms with van der Waals surface area (Å²) in [5.74, 6) is 0.281. The number of hydrogen-bond donors (Lipinski definition) is 0. The minimum Gasteiger partial charge on any atom is -0.253 e. The highest BCUT2D eigenvalue weighted by Crippen LogP contribution is 2.36. The van der Waals surface area contributed by atoms with Crippen LogP contribution in [0.2, 0.25) is 0 Å². The zero-order valence-corrected chi connectivity index (χ0v) is 24.6. The summed E-state index contributed by atoms with van der Waals surface area (Å²) >= 11 is 0. The number of benzene rings is 4. The van der Waals surface area contributed by atoms with Gasteiger partial charge in [0, 0.05) is 22.8 Å². The van der Waals surface area contributed by atoms with Gasteiger partial charge in [0.1, 0.15) is 0 Å². The van der Waals surface area contributed by atoms with E-state index in [0.717, 1.165) is 62.3 Å². The predicted octanol–water partition coefficient (Wildman–Crippen LogP) is 10.00. The van der Waals surface area contributed by atoms with Crippen LogP contribution in [0.4, 0.5) is 5.69 Å². The molecule has 0 saturated carbocycles. The lowest BCUT2D eigenvalue weighted by atomic mass is 9.82. The van der Waals surface area contributed by atoms with Crippen LogP contribution in [0.25, 0.3) is 27.8 Å². The van der Waals surface area contributed by atoms with Crippen molar-refractivity contribution in [3.05, 3.63) is 154 Å². The molecule has 1 atom stereocenters. The molecule has 0 aromatic heterocycles. The van der Waals surface area contributed by atoms with Crippen LogP contribution >= 0.6 is 0 Å². The maximum Gasteiger partial charge on any atom is 0.0991 e. The topological polar surface area (TPSA) is 59.9 Å². The van der Waals surface area contributed by atoms with Crippen molar-refractivity contribution in [2.45, 2.75) is 27.2 Å². The van der Waals surface area contributed by atoms with Gasteiger partial charge in [-0.3, -0.25) is 4.99 Å². The van der Waals surface area contributed by atoms with E-state index in [1.165, 1.54) is 16.7 Å². The Labute approximate surface area is 253 Å². The predicted molar refractivity (Wildman–Crippen MR) is 177 cm³/mol. The standard InChI is InChI=1S/C40H31N3/c1-26-6-4-5-7-40(26)43-28(3)38-19-17-36(23-39(38)37-18-9-29(24-41)20-27(37)2)32-13-11-31(12-14-32)34-16-15-33-21-30(25-42)8-10-35(33)22-34/h4-14,16-23,33H,15H2,1-3H3. The average molecular weight is 554 g/mol. The monoisotopic (exact) mass is 553 g/mol. The van der Waals surface area contributed by atoms with Gasteiger partial charge in [0.25, 0.3) is 0 Å². The van der Waals surface area contributed by atoms with Gasteiger partial charge in [-0.1, -0.05) is 85.0 Å². The molecule has 0 spiro atoms. The lowest BCUT2D eigenvalue weighted by molar-refractivity contribution is 0.779. The van der Waals surface area contributed by atoms with Crippen molar-refractivity contribution in [2.75, 3.05) is 0 Å². The number of nitriles is 2. The number of allylic oxidation sites excluding steroid dienone is 8. The van der Waals surface area contributed by atoms with Gasteiger partial charge in [-0.25, -0.2) is 0 Å². The Morgan fingerprint density at radius 3 is 2.28 bits per heavy atom. The Hall–Kier alpha value is -5.51. The Balaban J connectivity index is 1.37. The fourth-order valence-electron chi connectivity index (χ4n) is 5.89. The highest BCUT2D eigenvalue weighted by Gasteiger charge is 2.19. The SMILES string of the molecule is CC(=Nc1ccccc1C)c1ccc(-c2ccc(C3=CCC4C=C(C#N)C=CC4=C3)cc2)cc1-c1ccc(C#N)cc1C. The zero-order valence-electron chi connectivity index (χ0n) is 24.6. The molecule has 4 aromatic rings. The molecule has 206 valence electrons. The Bertz CT molecular complexity index is 1980. The van der Waals surface area contributed by atoms with E-state index in [1.807, 2.05) is 42.5 Å². The molecule has 3 nitrogen and oxygen atoms in total. The minimum absolute atomic E-state index is 0.281. The molecule has 6 rings (SSSR count). The second-order valence-electron chi connectivity index (χ2n) is 11.2. The molecule has 0 aliphatic heterocycles. The fourth-order valence-corrected chi connectivity index (χ4v) is 5.89. The van der Waals surface area contributed by atoms with E-state index in [9.17, 15) is 10.5 Å². The molecule has 4 aromatic carbocycles. The minimum atomic E-state index is 0.281. The number of hydrogen-bond acceptors (Lipinski definition) is 3. The lowest BCUT2D eigenvalue weighted by Crippen LogP contribution is -2.07. The van der Waals surface area contributed by atoms with E-state index in [4.69, 9.17) is 4.99 Å². The summed E-state index contributed by atoms with van der Waals surface area (Å²) in [5.41, 5.74) is 14.7.